The van der Waals surface area contributed by atoms with E-state index in [1.54, 1.807) is 0 Å². The number of imidazole rings is 1. The normalized spacial score (nSPS) is 11.0. The van der Waals surface area contributed by atoms with Crippen molar-refractivity contribution in [2.75, 3.05) is 0 Å². The number of aromatic nitrogens is 2. The van der Waals surface area contributed by atoms with Gasteiger partial charge in [-0.3, -0.25) is 0 Å². The summed E-state index contributed by atoms with van der Waals surface area (Å²) in [4.78, 5) is 7.26. The maximum absolute atomic E-state index is 13.7. The Balaban J connectivity index is 2.26. The fourth-order valence-electron chi connectivity index (χ4n) is 1.85. The van der Waals surface area contributed by atoms with Crippen molar-refractivity contribution in [1.82, 2.24) is 9.97 Å². The summed E-state index contributed by atoms with van der Waals surface area (Å²) >= 11 is 3.36. The van der Waals surface area contributed by atoms with E-state index in [1.807, 2.05) is 18.2 Å². The number of phenols is 1. The molecule has 1 heterocycles. The van der Waals surface area contributed by atoms with Crippen molar-refractivity contribution in [3.8, 4) is 17.1 Å². The maximum Gasteiger partial charge on any atom is 0.145 e. The van der Waals surface area contributed by atoms with Crippen molar-refractivity contribution < 1.29 is 9.50 Å². The van der Waals surface area contributed by atoms with Crippen LogP contribution in [-0.2, 0) is 0 Å². The number of fused-ring (bicyclic) bond motifs is 1. The molecule has 0 radical (unpaired) electrons. The van der Waals surface area contributed by atoms with Crippen molar-refractivity contribution >= 4 is 27.0 Å². The Hall–Kier alpha value is -1.88. The van der Waals surface area contributed by atoms with Crippen molar-refractivity contribution in [3.63, 3.8) is 0 Å². The van der Waals surface area contributed by atoms with E-state index in [9.17, 15) is 9.50 Å². The Morgan fingerprint density at radius 2 is 2.06 bits per heavy atom. The molecule has 3 nitrogen and oxygen atoms in total. The number of halogens is 2. The molecule has 0 amide bonds. The number of hydrogen-bond acceptors (Lipinski definition) is 2. The van der Waals surface area contributed by atoms with Gasteiger partial charge < -0.3 is 10.1 Å². The fraction of sp³-hybridized carbons (Fsp3) is 0. The van der Waals surface area contributed by atoms with Crippen LogP contribution in [0.2, 0.25) is 0 Å². The topological polar surface area (TPSA) is 48.9 Å². The monoisotopic (exact) mass is 306 g/mol. The summed E-state index contributed by atoms with van der Waals surface area (Å²) in [7, 11) is 0. The number of aromatic hydroxyl groups is 1. The van der Waals surface area contributed by atoms with Gasteiger partial charge in [-0.05, 0) is 30.3 Å². The summed E-state index contributed by atoms with van der Waals surface area (Å²) < 4.78 is 14.6. The average molecular weight is 307 g/mol. The molecule has 0 bridgehead atoms. The minimum atomic E-state index is -0.506. The maximum atomic E-state index is 13.7. The average Bonchev–Trinajstić information content (AvgIpc) is 2.71. The minimum Gasteiger partial charge on any atom is -0.507 e. The molecular weight excluding hydrogens is 299 g/mol. The number of nitrogens with zero attached hydrogens (tertiary/aromatic N) is 1. The summed E-state index contributed by atoms with van der Waals surface area (Å²) in [6, 6.07) is 9.70. The predicted molar refractivity (Wildman–Crippen MR) is 70.9 cm³/mol. The highest BCUT2D eigenvalue weighted by atomic mass is 79.9. The fourth-order valence-corrected chi connectivity index (χ4v) is 2.21. The number of phenolic OH excluding ortho intramolecular Hbond substituents is 1. The lowest BCUT2D eigenvalue weighted by molar-refractivity contribution is 0.471. The second-order valence-corrected chi connectivity index (χ2v) is 4.80. The summed E-state index contributed by atoms with van der Waals surface area (Å²) in [6.45, 7) is 0. The van der Waals surface area contributed by atoms with Crippen molar-refractivity contribution in [3.05, 3.63) is 46.7 Å². The van der Waals surface area contributed by atoms with E-state index in [-0.39, 0.29) is 11.3 Å². The van der Waals surface area contributed by atoms with E-state index in [2.05, 4.69) is 25.9 Å². The molecule has 1 aromatic heterocycles. The van der Waals surface area contributed by atoms with E-state index in [0.29, 0.717) is 5.82 Å². The van der Waals surface area contributed by atoms with Gasteiger partial charge in [0.15, 0.2) is 0 Å². The van der Waals surface area contributed by atoms with Gasteiger partial charge >= 0.3 is 0 Å². The molecule has 2 aromatic carbocycles. The molecule has 0 saturated carbocycles. The van der Waals surface area contributed by atoms with Crippen LogP contribution in [0.25, 0.3) is 22.4 Å². The van der Waals surface area contributed by atoms with Crippen molar-refractivity contribution in [1.29, 1.82) is 0 Å². The Morgan fingerprint density at radius 3 is 2.83 bits per heavy atom. The predicted octanol–water partition coefficient (Wildman–Crippen LogP) is 3.84. The first-order chi connectivity index (χ1) is 8.65. The molecule has 0 aliphatic rings. The van der Waals surface area contributed by atoms with Crippen LogP contribution in [-0.4, -0.2) is 15.1 Å². The van der Waals surface area contributed by atoms with E-state index < -0.39 is 5.82 Å². The molecule has 3 rings (SSSR count). The molecular formula is C13H8BrFN2O. The van der Waals surface area contributed by atoms with Crippen LogP contribution >= 0.6 is 15.9 Å². The first kappa shape index (κ1) is 11.2. The Kier molecular flexibility index (Phi) is 2.56. The quantitative estimate of drug-likeness (QED) is 0.717. The van der Waals surface area contributed by atoms with Gasteiger partial charge in [-0.1, -0.05) is 22.0 Å². The summed E-state index contributed by atoms with van der Waals surface area (Å²) in [5, 5.41) is 9.72. The van der Waals surface area contributed by atoms with Gasteiger partial charge in [0.2, 0.25) is 0 Å². The highest BCUT2D eigenvalue weighted by Gasteiger charge is 2.14. The van der Waals surface area contributed by atoms with Crippen LogP contribution in [0.3, 0.4) is 0 Å². The second-order valence-electron chi connectivity index (χ2n) is 3.88. The highest BCUT2D eigenvalue weighted by Crippen LogP contribution is 2.31. The second kappa shape index (κ2) is 4.10. The van der Waals surface area contributed by atoms with Crippen molar-refractivity contribution in [2.45, 2.75) is 0 Å². The zero-order valence-corrected chi connectivity index (χ0v) is 10.7. The van der Waals surface area contributed by atoms with Crippen LogP contribution in [0, 0.1) is 5.82 Å². The van der Waals surface area contributed by atoms with Gasteiger partial charge in [0.25, 0.3) is 0 Å². The number of nitrogens with one attached hydrogen (secondary N) is 1. The van der Waals surface area contributed by atoms with Crippen molar-refractivity contribution in [2.24, 2.45) is 0 Å². The third-order valence-electron chi connectivity index (χ3n) is 2.67. The minimum absolute atomic E-state index is 0.0878. The number of aromatic amines is 1. The van der Waals surface area contributed by atoms with E-state index in [4.69, 9.17) is 0 Å². The zero-order chi connectivity index (χ0) is 12.7. The SMILES string of the molecule is Oc1cccc(F)c1-c1nc2ccc(Br)cc2[nH]1. The lowest BCUT2D eigenvalue weighted by atomic mass is 10.2. The molecule has 0 fully saturated rings. The first-order valence-corrected chi connectivity index (χ1v) is 6.07. The van der Waals surface area contributed by atoms with Gasteiger partial charge in [-0.2, -0.15) is 0 Å². The smallest absolute Gasteiger partial charge is 0.145 e. The molecule has 0 spiro atoms. The van der Waals surface area contributed by atoms with Crippen LogP contribution < -0.4 is 0 Å². The number of benzene rings is 2. The molecule has 0 saturated heterocycles. The highest BCUT2D eigenvalue weighted by molar-refractivity contribution is 9.10. The molecule has 18 heavy (non-hydrogen) atoms. The zero-order valence-electron chi connectivity index (χ0n) is 9.11. The Morgan fingerprint density at radius 1 is 1.22 bits per heavy atom. The molecule has 0 aliphatic heterocycles. The van der Waals surface area contributed by atoms with Crippen LogP contribution in [0.4, 0.5) is 4.39 Å². The van der Waals surface area contributed by atoms with E-state index in [1.165, 1.54) is 18.2 Å². The third-order valence-corrected chi connectivity index (χ3v) is 3.17. The van der Waals surface area contributed by atoms with Crippen LogP contribution in [0.1, 0.15) is 0 Å². The number of H-pyrrole nitrogens is 1. The van der Waals surface area contributed by atoms with Gasteiger partial charge in [-0.25, -0.2) is 9.37 Å². The van der Waals surface area contributed by atoms with Gasteiger partial charge in [0, 0.05) is 4.47 Å². The number of hydrogen-bond donors (Lipinski definition) is 2. The number of rotatable bonds is 1. The van der Waals surface area contributed by atoms with E-state index >= 15 is 0 Å². The van der Waals surface area contributed by atoms with E-state index in [0.717, 1.165) is 15.5 Å². The summed E-state index contributed by atoms with van der Waals surface area (Å²) in [5.74, 6) is -0.319. The third kappa shape index (κ3) is 1.76. The lowest BCUT2D eigenvalue weighted by Crippen LogP contribution is -1.86. The summed E-state index contributed by atoms with van der Waals surface area (Å²) in [5.41, 5.74) is 1.59. The Bertz CT molecular complexity index is 719. The molecule has 0 atom stereocenters. The molecule has 90 valence electrons. The van der Waals surface area contributed by atoms with Crippen LogP contribution in [0.5, 0.6) is 5.75 Å². The van der Waals surface area contributed by atoms with Crippen LogP contribution in [0.15, 0.2) is 40.9 Å². The summed E-state index contributed by atoms with van der Waals surface area (Å²) in [6.07, 6.45) is 0. The molecule has 3 aromatic rings. The molecule has 0 unspecified atom stereocenters. The lowest BCUT2D eigenvalue weighted by Gasteiger charge is -2.01. The molecule has 0 aliphatic carbocycles. The molecule has 5 heteroatoms. The standard InChI is InChI=1S/C13H8BrFN2O/c14-7-4-5-9-10(6-7)17-13(16-9)12-8(15)2-1-3-11(12)18/h1-6,18H,(H,16,17). The Labute approximate surface area is 110 Å². The van der Waals surface area contributed by atoms with Gasteiger partial charge in [-0.15, -0.1) is 0 Å². The first-order valence-electron chi connectivity index (χ1n) is 5.28. The van der Waals surface area contributed by atoms with Gasteiger partial charge in [0.05, 0.1) is 16.6 Å². The van der Waals surface area contributed by atoms with Gasteiger partial charge in [0.1, 0.15) is 17.4 Å². The molecule has 2 N–H and O–H groups in total. The largest absolute Gasteiger partial charge is 0.507 e.